The minimum absolute atomic E-state index is 0.416. The summed E-state index contributed by atoms with van der Waals surface area (Å²) >= 11 is 0. The fourth-order valence-electron chi connectivity index (χ4n) is 3.77. The van der Waals surface area contributed by atoms with Gasteiger partial charge in [-0.25, -0.2) is 4.79 Å². The number of amides is 1. The van der Waals surface area contributed by atoms with Crippen molar-refractivity contribution in [3.8, 4) is 28.6 Å². The molecule has 0 spiro atoms. The largest absolute Gasteiger partial charge is 0.489 e. The van der Waals surface area contributed by atoms with Gasteiger partial charge in [0.25, 0.3) is 0 Å². The number of nitrogens with zero attached hydrogens (tertiary/aromatic N) is 1. The fraction of sp³-hybridized carbons (Fsp3) is 0.129. The van der Waals surface area contributed by atoms with Crippen LogP contribution in [0.15, 0.2) is 108 Å². The van der Waals surface area contributed by atoms with Gasteiger partial charge in [0.05, 0.1) is 0 Å². The smallest absolute Gasteiger partial charge is 0.414 e. The Morgan fingerprint density at radius 1 is 0.703 bits per heavy atom. The molecule has 186 valence electrons. The lowest BCUT2D eigenvalue weighted by Crippen LogP contribution is -2.25. The molecule has 0 aliphatic rings. The normalized spacial score (nSPS) is 10.8. The van der Waals surface area contributed by atoms with Crippen molar-refractivity contribution >= 4 is 17.1 Å². The van der Waals surface area contributed by atoms with Gasteiger partial charge in [-0.2, -0.15) is 0 Å². The topological polar surface area (TPSA) is 61.1 Å². The first-order chi connectivity index (χ1) is 18.0. The molecule has 0 N–H and O–H groups in total. The summed E-state index contributed by atoms with van der Waals surface area (Å²) in [5.41, 5.74) is 3.57. The van der Waals surface area contributed by atoms with Crippen molar-refractivity contribution in [2.75, 3.05) is 14.1 Å². The number of carbonyl (C=O) groups is 1. The summed E-state index contributed by atoms with van der Waals surface area (Å²) in [6.07, 6.45) is -0.449. The van der Waals surface area contributed by atoms with E-state index in [2.05, 4.69) is 0 Å². The van der Waals surface area contributed by atoms with Gasteiger partial charge in [0.15, 0.2) is 0 Å². The first-order valence-electron chi connectivity index (χ1n) is 12.0. The van der Waals surface area contributed by atoms with Crippen LogP contribution in [-0.2, 0) is 13.2 Å². The molecule has 0 radical (unpaired) electrons. The molecule has 1 heterocycles. The van der Waals surface area contributed by atoms with E-state index < -0.39 is 6.09 Å². The van der Waals surface area contributed by atoms with E-state index >= 15 is 0 Å². The van der Waals surface area contributed by atoms with Crippen LogP contribution < -0.4 is 14.2 Å². The Morgan fingerprint density at radius 3 is 1.86 bits per heavy atom. The Hall–Kier alpha value is -4.71. The Kier molecular flexibility index (Phi) is 7.08. The van der Waals surface area contributed by atoms with E-state index in [4.69, 9.17) is 18.6 Å². The lowest BCUT2D eigenvalue weighted by atomic mass is 10.1. The third kappa shape index (κ3) is 6.11. The SMILES string of the molecule is CN(C)C(=O)Oc1ccc2cc(-c3cc(OCc4ccccc4)cc(OCc4ccccc4)c3)oc2c1. The molecule has 0 saturated heterocycles. The zero-order valence-corrected chi connectivity index (χ0v) is 20.7. The molecule has 1 aromatic heterocycles. The zero-order chi connectivity index (χ0) is 25.6. The van der Waals surface area contributed by atoms with Crippen LogP contribution in [0, 0.1) is 0 Å². The van der Waals surface area contributed by atoms with Crippen LogP contribution in [0.5, 0.6) is 17.2 Å². The molecule has 37 heavy (non-hydrogen) atoms. The molecule has 0 bridgehead atoms. The second kappa shape index (κ2) is 10.9. The second-order valence-electron chi connectivity index (χ2n) is 8.81. The summed E-state index contributed by atoms with van der Waals surface area (Å²) in [5, 5.41) is 0.891. The number of hydrogen-bond donors (Lipinski definition) is 0. The third-order valence-corrected chi connectivity index (χ3v) is 5.72. The molecular formula is C31H27NO5. The molecule has 0 aliphatic carbocycles. The van der Waals surface area contributed by atoms with Crippen molar-refractivity contribution < 1.29 is 23.4 Å². The van der Waals surface area contributed by atoms with Gasteiger partial charge in [-0.15, -0.1) is 0 Å². The van der Waals surface area contributed by atoms with Gasteiger partial charge in [-0.05, 0) is 41.5 Å². The van der Waals surface area contributed by atoms with E-state index in [1.54, 1.807) is 26.2 Å². The van der Waals surface area contributed by atoms with Gasteiger partial charge in [0.1, 0.15) is 41.8 Å². The summed E-state index contributed by atoms with van der Waals surface area (Å²) in [5.74, 6) is 2.41. The van der Waals surface area contributed by atoms with Crippen LogP contribution in [0.3, 0.4) is 0 Å². The highest BCUT2D eigenvalue weighted by Gasteiger charge is 2.13. The van der Waals surface area contributed by atoms with E-state index in [0.29, 0.717) is 41.8 Å². The average molecular weight is 494 g/mol. The molecule has 0 fully saturated rings. The number of ether oxygens (including phenoxy) is 3. The van der Waals surface area contributed by atoms with Crippen LogP contribution in [0.1, 0.15) is 11.1 Å². The number of fused-ring (bicyclic) bond motifs is 1. The Bertz CT molecular complexity index is 1430. The number of benzene rings is 4. The Balaban J connectivity index is 1.43. The highest BCUT2D eigenvalue weighted by Crippen LogP contribution is 2.35. The number of rotatable bonds is 8. The quantitative estimate of drug-likeness (QED) is 0.227. The maximum atomic E-state index is 11.9. The fourth-order valence-corrected chi connectivity index (χ4v) is 3.77. The second-order valence-corrected chi connectivity index (χ2v) is 8.81. The van der Waals surface area contributed by atoms with Gasteiger partial charge >= 0.3 is 6.09 Å². The predicted molar refractivity (Wildman–Crippen MR) is 143 cm³/mol. The van der Waals surface area contributed by atoms with E-state index in [1.807, 2.05) is 91.0 Å². The van der Waals surface area contributed by atoms with Crippen molar-refractivity contribution in [3.63, 3.8) is 0 Å². The number of furan rings is 1. The van der Waals surface area contributed by atoms with Crippen molar-refractivity contribution in [2.24, 2.45) is 0 Å². The highest BCUT2D eigenvalue weighted by atomic mass is 16.6. The van der Waals surface area contributed by atoms with Crippen molar-refractivity contribution in [3.05, 3.63) is 114 Å². The van der Waals surface area contributed by atoms with Crippen LogP contribution in [0.25, 0.3) is 22.3 Å². The molecular weight excluding hydrogens is 466 g/mol. The lowest BCUT2D eigenvalue weighted by Gasteiger charge is -2.12. The van der Waals surface area contributed by atoms with E-state index in [1.165, 1.54) is 4.90 Å². The van der Waals surface area contributed by atoms with Crippen LogP contribution in [0.2, 0.25) is 0 Å². The monoisotopic (exact) mass is 493 g/mol. The summed E-state index contributed by atoms with van der Waals surface area (Å²) in [6, 6.07) is 33.0. The third-order valence-electron chi connectivity index (χ3n) is 5.72. The minimum Gasteiger partial charge on any atom is -0.489 e. The number of carbonyl (C=O) groups excluding carboxylic acids is 1. The molecule has 6 nitrogen and oxygen atoms in total. The standard InChI is InChI=1S/C31H27NO5/c1-32(2)31(33)36-26-14-13-24-17-29(37-30(24)19-26)25-15-27(34-20-22-9-5-3-6-10-22)18-28(16-25)35-21-23-11-7-4-8-12-23/h3-19H,20-21H2,1-2H3. The van der Waals surface area contributed by atoms with Crippen molar-refractivity contribution in [2.45, 2.75) is 13.2 Å². The number of hydrogen-bond acceptors (Lipinski definition) is 5. The van der Waals surface area contributed by atoms with Gasteiger partial charge in [0.2, 0.25) is 0 Å². The van der Waals surface area contributed by atoms with Gasteiger partial charge in [0, 0.05) is 37.2 Å². The Labute approximate surface area is 215 Å². The molecule has 4 aromatic carbocycles. The van der Waals surface area contributed by atoms with Crippen molar-refractivity contribution in [1.29, 1.82) is 0 Å². The maximum absolute atomic E-state index is 11.9. The molecule has 6 heteroatoms. The minimum atomic E-state index is -0.449. The molecule has 5 aromatic rings. The lowest BCUT2D eigenvalue weighted by molar-refractivity contribution is 0.172. The van der Waals surface area contributed by atoms with Gasteiger partial charge in [-0.3, -0.25) is 0 Å². The summed E-state index contributed by atoms with van der Waals surface area (Å²) in [4.78, 5) is 13.3. The van der Waals surface area contributed by atoms with Gasteiger partial charge in [-0.1, -0.05) is 60.7 Å². The molecule has 0 atom stereocenters. The summed E-state index contributed by atoms with van der Waals surface area (Å²) < 4.78 is 23.8. The zero-order valence-electron chi connectivity index (χ0n) is 20.7. The predicted octanol–water partition coefficient (Wildman–Crippen LogP) is 7.32. The summed E-state index contributed by atoms with van der Waals surface area (Å²) in [7, 11) is 3.27. The van der Waals surface area contributed by atoms with Crippen LogP contribution in [0.4, 0.5) is 4.79 Å². The Morgan fingerprint density at radius 2 is 1.30 bits per heavy atom. The maximum Gasteiger partial charge on any atom is 0.414 e. The molecule has 0 unspecified atom stereocenters. The molecule has 0 saturated carbocycles. The molecule has 0 aliphatic heterocycles. The molecule has 5 rings (SSSR count). The average Bonchev–Trinajstić information content (AvgIpc) is 3.35. The van der Waals surface area contributed by atoms with Crippen LogP contribution >= 0.6 is 0 Å². The first-order valence-corrected chi connectivity index (χ1v) is 12.0. The highest BCUT2D eigenvalue weighted by molar-refractivity contribution is 5.85. The molecule has 1 amide bonds. The van der Waals surface area contributed by atoms with E-state index in [0.717, 1.165) is 22.1 Å². The van der Waals surface area contributed by atoms with Crippen molar-refractivity contribution in [1.82, 2.24) is 4.90 Å². The summed E-state index contributed by atoms with van der Waals surface area (Å²) in [6.45, 7) is 0.867. The van der Waals surface area contributed by atoms with E-state index in [-0.39, 0.29) is 0 Å². The van der Waals surface area contributed by atoms with Crippen LogP contribution in [-0.4, -0.2) is 25.1 Å². The van der Waals surface area contributed by atoms with Gasteiger partial charge < -0.3 is 23.5 Å². The van der Waals surface area contributed by atoms with E-state index in [9.17, 15) is 4.79 Å². The first kappa shape index (κ1) is 24.0.